The summed E-state index contributed by atoms with van der Waals surface area (Å²) in [5, 5.41) is 3.22. The van der Waals surface area contributed by atoms with Gasteiger partial charge in [0, 0.05) is 44.0 Å². The lowest BCUT2D eigenvalue weighted by Crippen LogP contribution is -2.43. The fourth-order valence-corrected chi connectivity index (χ4v) is 3.11. The number of nitrogens with zero attached hydrogens (tertiary/aromatic N) is 3. The Kier molecular flexibility index (Phi) is 4.57. The molecule has 0 radical (unpaired) electrons. The molecule has 0 unspecified atom stereocenters. The van der Waals surface area contributed by atoms with Crippen molar-refractivity contribution < 1.29 is 9.59 Å². The van der Waals surface area contributed by atoms with Crippen LogP contribution in [-0.4, -0.2) is 45.4 Å². The first-order chi connectivity index (χ1) is 11.9. The highest BCUT2D eigenvalue weighted by Gasteiger charge is 2.28. The number of nitrogens with one attached hydrogen (secondary N) is 1. The topological polar surface area (TPSA) is 84.3 Å². The molecule has 1 fully saturated rings. The molecule has 0 saturated carbocycles. The third kappa shape index (κ3) is 3.14. The molecule has 7 heteroatoms. The first-order valence-electron chi connectivity index (χ1n) is 8.50. The van der Waals surface area contributed by atoms with Crippen LogP contribution < -0.4 is 10.7 Å². The molecule has 25 heavy (non-hydrogen) atoms. The maximum Gasteiger partial charge on any atom is 0.259 e. The minimum absolute atomic E-state index is 0.0775. The Bertz CT molecular complexity index is 903. The quantitative estimate of drug-likeness (QED) is 0.885. The number of carbonyl (C=O) groups is 2. The Morgan fingerprint density at radius 3 is 2.84 bits per heavy atom. The van der Waals surface area contributed by atoms with Crippen molar-refractivity contribution in [2.75, 3.05) is 13.1 Å². The molecular formula is C18H22N4O3. The van der Waals surface area contributed by atoms with Crippen LogP contribution in [0.15, 0.2) is 23.1 Å². The van der Waals surface area contributed by atoms with E-state index in [2.05, 4.69) is 10.3 Å². The van der Waals surface area contributed by atoms with E-state index in [1.54, 1.807) is 23.2 Å². The molecule has 132 valence electrons. The van der Waals surface area contributed by atoms with Crippen molar-refractivity contribution in [3.63, 3.8) is 0 Å². The molecule has 0 aromatic carbocycles. The van der Waals surface area contributed by atoms with Gasteiger partial charge in [0.1, 0.15) is 11.2 Å². The zero-order valence-electron chi connectivity index (χ0n) is 14.7. The average molecular weight is 342 g/mol. The molecule has 0 spiro atoms. The van der Waals surface area contributed by atoms with Crippen LogP contribution in [0.1, 0.15) is 36.3 Å². The van der Waals surface area contributed by atoms with Crippen LogP contribution in [0.2, 0.25) is 0 Å². The molecule has 0 bridgehead atoms. The van der Waals surface area contributed by atoms with Gasteiger partial charge in [-0.3, -0.25) is 14.4 Å². The van der Waals surface area contributed by atoms with Crippen LogP contribution in [0, 0.1) is 6.92 Å². The zero-order valence-corrected chi connectivity index (χ0v) is 14.7. The molecule has 2 aromatic rings. The van der Waals surface area contributed by atoms with Crippen LogP contribution in [-0.2, 0) is 11.3 Å². The molecule has 1 atom stereocenters. The highest BCUT2D eigenvalue weighted by atomic mass is 16.2. The molecule has 2 amide bonds. The first-order valence-corrected chi connectivity index (χ1v) is 8.50. The van der Waals surface area contributed by atoms with E-state index in [4.69, 9.17) is 0 Å². The predicted octanol–water partition coefficient (Wildman–Crippen LogP) is 1.08. The molecule has 2 aromatic heterocycles. The number of hydrogen-bond acceptors (Lipinski definition) is 4. The second-order valence-electron chi connectivity index (χ2n) is 6.38. The van der Waals surface area contributed by atoms with Crippen molar-refractivity contribution in [3.8, 4) is 0 Å². The lowest BCUT2D eigenvalue weighted by Gasteiger charge is -2.26. The number of rotatable bonds is 2. The lowest BCUT2D eigenvalue weighted by atomic mass is 10.1. The third-order valence-electron chi connectivity index (χ3n) is 4.60. The molecule has 3 heterocycles. The van der Waals surface area contributed by atoms with E-state index in [0.717, 1.165) is 5.69 Å². The van der Waals surface area contributed by atoms with Gasteiger partial charge >= 0.3 is 0 Å². The van der Waals surface area contributed by atoms with E-state index in [-0.39, 0.29) is 35.3 Å². The summed E-state index contributed by atoms with van der Waals surface area (Å²) in [6.45, 7) is 6.98. The van der Waals surface area contributed by atoms with Crippen LogP contribution in [0.3, 0.4) is 0 Å². The van der Waals surface area contributed by atoms with Gasteiger partial charge in [0.2, 0.25) is 11.3 Å². The minimum atomic E-state index is -0.335. The Morgan fingerprint density at radius 2 is 2.12 bits per heavy atom. The minimum Gasteiger partial charge on any atom is -0.354 e. The van der Waals surface area contributed by atoms with Crippen molar-refractivity contribution in [2.45, 2.75) is 39.8 Å². The maximum absolute atomic E-state index is 13.0. The zero-order chi connectivity index (χ0) is 18.1. The summed E-state index contributed by atoms with van der Waals surface area (Å²) in [6.07, 6.45) is 1.83. The van der Waals surface area contributed by atoms with Gasteiger partial charge < -0.3 is 14.8 Å². The Morgan fingerprint density at radius 1 is 1.36 bits per heavy atom. The molecule has 1 N–H and O–H groups in total. The van der Waals surface area contributed by atoms with E-state index in [9.17, 15) is 14.4 Å². The van der Waals surface area contributed by atoms with Crippen LogP contribution in [0.4, 0.5) is 0 Å². The van der Waals surface area contributed by atoms with Crippen molar-refractivity contribution in [3.05, 3.63) is 39.8 Å². The number of fused-ring (bicyclic) bond motifs is 1. The van der Waals surface area contributed by atoms with E-state index < -0.39 is 0 Å². The van der Waals surface area contributed by atoms with Crippen LogP contribution in [0.25, 0.3) is 11.0 Å². The number of hydrogen-bond donors (Lipinski definition) is 1. The van der Waals surface area contributed by atoms with Gasteiger partial charge in [-0.1, -0.05) is 0 Å². The SMILES string of the molecule is CCn1cc(C(=O)N2CCC(=O)NC[C@H]2C)c(=O)c2ccc(C)nc21. The predicted molar refractivity (Wildman–Crippen MR) is 94.5 cm³/mol. The van der Waals surface area contributed by atoms with Crippen LogP contribution in [0.5, 0.6) is 0 Å². The number of aromatic nitrogens is 2. The van der Waals surface area contributed by atoms with Gasteiger partial charge in [0.15, 0.2) is 0 Å². The van der Waals surface area contributed by atoms with Crippen molar-refractivity contribution >= 4 is 22.8 Å². The van der Waals surface area contributed by atoms with Crippen molar-refractivity contribution in [2.24, 2.45) is 0 Å². The molecule has 1 saturated heterocycles. The number of carbonyl (C=O) groups excluding carboxylic acids is 2. The normalized spacial score (nSPS) is 18.1. The van der Waals surface area contributed by atoms with Gasteiger partial charge in [0.25, 0.3) is 5.91 Å². The Labute approximate surface area is 145 Å². The second kappa shape index (κ2) is 6.66. The fraction of sp³-hybridized carbons (Fsp3) is 0.444. The second-order valence-corrected chi connectivity index (χ2v) is 6.38. The fourth-order valence-electron chi connectivity index (χ4n) is 3.11. The molecule has 7 nitrogen and oxygen atoms in total. The van der Waals surface area contributed by atoms with E-state index in [0.29, 0.717) is 30.7 Å². The summed E-state index contributed by atoms with van der Waals surface area (Å²) in [4.78, 5) is 43.5. The smallest absolute Gasteiger partial charge is 0.259 e. The summed E-state index contributed by atoms with van der Waals surface area (Å²) < 4.78 is 1.82. The Hall–Kier alpha value is -2.70. The summed E-state index contributed by atoms with van der Waals surface area (Å²) in [5.74, 6) is -0.412. The number of amides is 2. The van der Waals surface area contributed by atoms with Crippen LogP contribution >= 0.6 is 0 Å². The lowest BCUT2D eigenvalue weighted by molar-refractivity contribution is -0.120. The third-order valence-corrected chi connectivity index (χ3v) is 4.60. The highest BCUT2D eigenvalue weighted by Crippen LogP contribution is 2.14. The summed E-state index contributed by atoms with van der Waals surface area (Å²) in [6, 6.07) is 3.33. The number of aryl methyl sites for hydroxylation is 2. The molecule has 3 rings (SSSR count). The van der Waals surface area contributed by atoms with E-state index in [1.807, 2.05) is 25.3 Å². The van der Waals surface area contributed by atoms with Gasteiger partial charge in [-0.2, -0.15) is 0 Å². The molecule has 0 aliphatic carbocycles. The summed E-state index contributed by atoms with van der Waals surface area (Å²) in [7, 11) is 0. The first kappa shape index (κ1) is 17.1. The highest BCUT2D eigenvalue weighted by molar-refractivity contribution is 5.97. The van der Waals surface area contributed by atoms with Gasteiger partial charge in [0.05, 0.1) is 5.39 Å². The van der Waals surface area contributed by atoms with Gasteiger partial charge in [-0.05, 0) is 32.9 Å². The van der Waals surface area contributed by atoms with Gasteiger partial charge in [-0.15, -0.1) is 0 Å². The van der Waals surface area contributed by atoms with E-state index >= 15 is 0 Å². The van der Waals surface area contributed by atoms with Gasteiger partial charge in [-0.25, -0.2) is 4.98 Å². The Balaban J connectivity index is 2.10. The van der Waals surface area contributed by atoms with Crippen molar-refractivity contribution in [1.82, 2.24) is 19.8 Å². The van der Waals surface area contributed by atoms with Crippen molar-refractivity contribution in [1.29, 1.82) is 0 Å². The summed E-state index contributed by atoms with van der Waals surface area (Å²) >= 11 is 0. The average Bonchev–Trinajstić information content (AvgIpc) is 2.76. The molecule has 1 aliphatic rings. The van der Waals surface area contributed by atoms with E-state index in [1.165, 1.54) is 0 Å². The monoisotopic (exact) mass is 342 g/mol. The number of pyridine rings is 2. The molecule has 1 aliphatic heterocycles. The standard InChI is InChI=1S/C18H22N4O3/c1-4-21-10-14(16(24)13-6-5-11(2)20-17(13)21)18(25)22-8-7-15(23)19-9-12(22)3/h5-6,10,12H,4,7-9H2,1-3H3,(H,19,23)/t12-/m1/s1. The summed E-state index contributed by atoms with van der Waals surface area (Å²) in [5.41, 5.74) is 1.22. The largest absolute Gasteiger partial charge is 0.354 e. The maximum atomic E-state index is 13.0. The molecular weight excluding hydrogens is 320 g/mol.